The molecule has 1 aromatic rings. The van der Waals surface area contributed by atoms with E-state index in [1.54, 1.807) is 0 Å². The van der Waals surface area contributed by atoms with Crippen molar-refractivity contribution >= 4 is 5.91 Å². The van der Waals surface area contributed by atoms with Crippen molar-refractivity contribution in [3.05, 3.63) is 29.6 Å². The van der Waals surface area contributed by atoms with Gasteiger partial charge in [0, 0.05) is 19.1 Å². The van der Waals surface area contributed by atoms with Gasteiger partial charge in [0.1, 0.15) is 17.1 Å². The number of rotatable bonds is 4. The van der Waals surface area contributed by atoms with Gasteiger partial charge in [0.15, 0.2) is 0 Å². The SMILES string of the molecule is CCC1OCCC1CNC(=O)c1c(O)cccc1F. The molecule has 1 aliphatic rings. The van der Waals surface area contributed by atoms with E-state index in [2.05, 4.69) is 5.32 Å². The number of hydrogen-bond donors (Lipinski definition) is 2. The molecule has 1 amide bonds. The van der Waals surface area contributed by atoms with Gasteiger partial charge in [-0.2, -0.15) is 0 Å². The van der Waals surface area contributed by atoms with Crippen molar-refractivity contribution in [2.24, 2.45) is 5.92 Å². The van der Waals surface area contributed by atoms with Crippen molar-refractivity contribution in [2.45, 2.75) is 25.9 Å². The molecular formula is C14H18FNO3. The van der Waals surface area contributed by atoms with Crippen LogP contribution in [0.2, 0.25) is 0 Å². The largest absolute Gasteiger partial charge is 0.507 e. The number of hydrogen-bond acceptors (Lipinski definition) is 3. The van der Waals surface area contributed by atoms with Crippen LogP contribution < -0.4 is 5.32 Å². The highest BCUT2D eigenvalue weighted by molar-refractivity contribution is 5.97. The van der Waals surface area contributed by atoms with Gasteiger partial charge in [-0.15, -0.1) is 0 Å². The Kier molecular flexibility index (Phi) is 4.37. The predicted molar refractivity (Wildman–Crippen MR) is 68.5 cm³/mol. The summed E-state index contributed by atoms with van der Waals surface area (Å²) in [7, 11) is 0. The average molecular weight is 267 g/mol. The summed E-state index contributed by atoms with van der Waals surface area (Å²) in [6.45, 7) is 3.17. The van der Waals surface area contributed by atoms with Gasteiger partial charge in [0.2, 0.25) is 0 Å². The molecule has 5 heteroatoms. The molecule has 2 rings (SSSR count). The summed E-state index contributed by atoms with van der Waals surface area (Å²) < 4.78 is 19.0. The smallest absolute Gasteiger partial charge is 0.258 e. The van der Waals surface area contributed by atoms with Crippen molar-refractivity contribution in [3.63, 3.8) is 0 Å². The van der Waals surface area contributed by atoms with Crippen molar-refractivity contribution in [1.82, 2.24) is 5.32 Å². The average Bonchev–Trinajstić information content (AvgIpc) is 2.83. The molecule has 104 valence electrons. The van der Waals surface area contributed by atoms with Gasteiger partial charge in [0.05, 0.1) is 6.10 Å². The summed E-state index contributed by atoms with van der Waals surface area (Å²) in [5.74, 6) is -1.39. The van der Waals surface area contributed by atoms with Crippen LogP contribution in [0.5, 0.6) is 5.75 Å². The van der Waals surface area contributed by atoms with E-state index in [1.165, 1.54) is 12.1 Å². The first-order chi connectivity index (χ1) is 9.13. The maximum Gasteiger partial charge on any atom is 0.258 e. The van der Waals surface area contributed by atoms with E-state index in [0.29, 0.717) is 13.2 Å². The molecule has 0 aromatic heterocycles. The van der Waals surface area contributed by atoms with E-state index in [-0.39, 0.29) is 23.3 Å². The third-order valence-electron chi connectivity index (χ3n) is 3.49. The Morgan fingerprint density at radius 1 is 1.58 bits per heavy atom. The van der Waals surface area contributed by atoms with E-state index in [4.69, 9.17) is 4.74 Å². The van der Waals surface area contributed by atoms with Crippen molar-refractivity contribution < 1.29 is 19.0 Å². The second-order valence-corrected chi connectivity index (χ2v) is 4.71. The fourth-order valence-electron chi connectivity index (χ4n) is 2.43. The van der Waals surface area contributed by atoms with Crippen molar-refractivity contribution in [2.75, 3.05) is 13.2 Å². The minimum Gasteiger partial charge on any atom is -0.507 e. The first kappa shape index (κ1) is 13.8. The van der Waals surface area contributed by atoms with Gasteiger partial charge in [-0.25, -0.2) is 4.39 Å². The van der Waals surface area contributed by atoms with Crippen LogP contribution in [0, 0.1) is 11.7 Å². The third-order valence-corrected chi connectivity index (χ3v) is 3.49. The van der Waals surface area contributed by atoms with E-state index < -0.39 is 11.7 Å². The topological polar surface area (TPSA) is 58.6 Å². The molecule has 19 heavy (non-hydrogen) atoms. The molecule has 2 N–H and O–H groups in total. The summed E-state index contributed by atoms with van der Waals surface area (Å²) >= 11 is 0. The lowest BCUT2D eigenvalue weighted by Crippen LogP contribution is -2.33. The van der Waals surface area contributed by atoms with Crippen molar-refractivity contribution in [1.29, 1.82) is 0 Å². The van der Waals surface area contributed by atoms with Gasteiger partial charge >= 0.3 is 0 Å². The second-order valence-electron chi connectivity index (χ2n) is 4.71. The number of benzene rings is 1. The molecule has 0 saturated carbocycles. The highest BCUT2D eigenvalue weighted by atomic mass is 19.1. The first-order valence-corrected chi connectivity index (χ1v) is 6.50. The Labute approximate surface area is 111 Å². The Bertz CT molecular complexity index is 444. The zero-order valence-electron chi connectivity index (χ0n) is 10.9. The molecule has 4 nitrogen and oxygen atoms in total. The number of aromatic hydroxyl groups is 1. The van der Waals surface area contributed by atoms with E-state index in [0.717, 1.165) is 18.9 Å². The van der Waals surface area contributed by atoms with E-state index >= 15 is 0 Å². The van der Waals surface area contributed by atoms with Gasteiger partial charge in [-0.3, -0.25) is 4.79 Å². The molecule has 1 aliphatic heterocycles. The number of halogens is 1. The summed E-state index contributed by atoms with van der Waals surface area (Å²) in [5, 5.41) is 12.2. The zero-order valence-corrected chi connectivity index (χ0v) is 10.9. The Morgan fingerprint density at radius 2 is 2.37 bits per heavy atom. The number of phenolic OH excluding ortho intramolecular Hbond substituents is 1. The summed E-state index contributed by atoms with van der Waals surface area (Å²) in [4.78, 5) is 11.9. The van der Waals surface area contributed by atoms with Gasteiger partial charge in [-0.1, -0.05) is 13.0 Å². The summed E-state index contributed by atoms with van der Waals surface area (Å²) in [6.07, 6.45) is 1.93. The highest BCUT2D eigenvalue weighted by Crippen LogP contribution is 2.23. The summed E-state index contributed by atoms with van der Waals surface area (Å²) in [6, 6.07) is 3.81. The van der Waals surface area contributed by atoms with Crippen LogP contribution in [0.1, 0.15) is 30.1 Å². The third kappa shape index (κ3) is 3.04. The Balaban J connectivity index is 1.98. The number of phenols is 1. The monoisotopic (exact) mass is 267 g/mol. The molecule has 2 atom stereocenters. The highest BCUT2D eigenvalue weighted by Gasteiger charge is 2.27. The van der Waals surface area contributed by atoms with Gasteiger partial charge in [0.25, 0.3) is 5.91 Å². The lowest BCUT2D eigenvalue weighted by atomic mass is 9.99. The van der Waals surface area contributed by atoms with Crippen LogP contribution in [-0.2, 0) is 4.74 Å². The lowest BCUT2D eigenvalue weighted by molar-refractivity contribution is 0.0824. The quantitative estimate of drug-likeness (QED) is 0.878. The minimum absolute atomic E-state index is 0.148. The van der Waals surface area contributed by atoms with Crippen LogP contribution in [0.3, 0.4) is 0 Å². The predicted octanol–water partition coefficient (Wildman–Crippen LogP) is 2.08. The van der Waals surface area contributed by atoms with Gasteiger partial charge in [-0.05, 0) is 25.0 Å². The Hall–Kier alpha value is -1.62. The molecular weight excluding hydrogens is 249 g/mol. The molecule has 0 bridgehead atoms. The minimum atomic E-state index is -0.716. The van der Waals surface area contributed by atoms with Gasteiger partial charge < -0.3 is 15.2 Å². The number of carbonyl (C=O) groups excluding carboxylic acids is 1. The fraction of sp³-hybridized carbons (Fsp3) is 0.500. The number of amides is 1. The maximum absolute atomic E-state index is 13.5. The molecule has 2 unspecified atom stereocenters. The normalized spacial score (nSPS) is 22.4. The van der Waals surface area contributed by atoms with Crippen LogP contribution in [-0.4, -0.2) is 30.3 Å². The number of nitrogens with one attached hydrogen (secondary N) is 1. The van der Waals surface area contributed by atoms with Crippen LogP contribution in [0.25, 0.3) is 0 Å². The standard InChI is InChI=1S/C14H18FNO3/c1-2-12-9(6-7-19-12)8-16-14(18)13-10(15)4-3-5-11(13)17/h3-5,9,12,17H,2,6-8H2,1H3,(H,16,18). The second kappa shape index (κ2) is 6.02. The van der Waals surface area contributed by atoms with Crippen LogP contribution in [0.15, 0.2) is 18.2 Å². The number of carbonyl (C=O) groups is 1. The van der Waals surface area contributed by atoms with E-state index in [9.17, 15) is 14.3 Å². The molecule has 1 aromatic carbocycles. The molecule has 0 radical (unpaired) electrons. The molecule has 1 heterocycles. The zero-order chi connectivity index (χ0) is 13.8. The van der Waals surface area contributed by atoms with E-state index in [1.807, 2.05) is 6.92 Å². The first-order valence-electron chi connectivity index (χ1n) is 6.50. The maximum atomic E-state index is 13.5. The van der Waals surface area contributed by atoms with Crippen molar-refractivity contribution in [3.8, 4) is 5.75 Å². The molecule has 0 spiro atoms. The Morgan fingerprint density at radius 3 is 3.05 bits per heavy atom. The fourth-order valence-corrected chi connectivity index (χ4v) is 2.43. The molecule has 0 aliphatic carbocycles. The summed E-state index contributed by atoms with van der Waals surface area (Å²) in [5.41, 5.74) is -0.297. The van der Waals surface area contributed by atoms with Crippen LogP contribution in [0.4, 0.5) is 4.39 Å². The number of ether oxygens (including phenoxy) is 1. The molecule has 1 fully saturated rings. The van der Waals surface area contributed by atoms with Crippen LogP contribution >= 0.6 is 0 Å². The molecule has 1 saturated heterocycles. The lowest BCUT2D eigenvalue weighted by Gasteiger charge is -2.17.